The van der Waals surface area contributed by atoms with Crippen molar-refractivity contribution >= 4 is 11.6 Å². The fourth-order valence-electron chi connectivity index (χ4n) is 1.33. The first-order valence-electron chi connectivity index (χ1n) is 5.05. The standard InChI is InChI=1S/C12H11N3O2/c1-15-6-4-9(7-11(15)16)12(17)14-10-3-2-5-13-8-10/h2-8H,1H3,(H,14,17). The lowest BCUT2D eigenvalue weighted by molar-refractivity contribution is 0.102. The Morgan fingerprint density at radius 1 is 1.41 bits per heavy atom. The maximum absolute atomic E-state index is 11.8. The fraction of sp³-hybridized carbons (Fsp3) is 0.0833. The maximum atomic E-state index is 11.8. The van der Waals surface area contributed by atoms with E-state index in [4.69, 9.17) is 0 Å². The number of nitrogens with zero attached hydrogens (tertiary/aromatic N) is 2. The van der Waals surface area contributed by atoms with Crippen LogP contribution in [0.25, 0.3) is 0 Å². The van der Waals surface area contributed by atoms with Gasteiger partial charge in [0.2, 0.25) is 0 Å². The third-order valence-electron chi connectivity index (χ3n) is 2.29. The van der Waals surface area contributed by atoms with Gasteiger partial charge >= 0.3 is 0 Å². The average molecular weight is 229 g/mol. The van der Waals surface area contributed by atoms with Crippen LogP contribution in [0.15, 0.2) is 47.7 Å². The maximum Gasteiger partial charge on any atom is 0.255 e. The first-order chi connectivity index (χ1) is 8.16. The van der Waals surface area contributed by atoms with Gasteiger partial charge in [0, 0.05) is 31.1 Å². The number of carbonyl (C=O) groups excluding carboxylic acids is 1. The van der Waals surface area contributed by atoms with E-state index in [0.717, 1.165) is 0 Å². The van der Waals surface area contributed by atoms with E-state index in [2.05, 4.69) is 10.3 Å². The van der Waals surface area contributed by atoms with Crippen molar-refractivity contribution in [2.75, 3.05) is 5.32 Å². The fourth-order valence-corrected chi connectivity index (χ4v) is 1.33. The van der Waals surface area contributed by atoms with Crippen LogP contribution in [-0.4, -0.2) is 15.5 Å². The molecule has 0 atom stereocenters. The molecule has 2 aromatic rings. The Morgan fingerprint density at radius 2 is 2.24 bits per heavy atom. The molecule has 0 unspecified atom stereocenters. The van der Waals surface area contributed by atoms with E-state index >= 15 is 0 Å². The number of anilines is 1. The number of amides is 1. The Morgan fingerprint density at radius 3 is 2.88 bits per heavy atom. The van der Waals surface area contributed by atoms with Gasteiger partial charge in [-0.15, -0.1) is 0 Å². The molecule has 0 aliphatic rings. The van der Waals surface area contributed by atoms with E-state index < -0.39 is 0 Å². The van der Waals surface area contributed by atoms with Crippen molar-refractivity contribution in [2.24, 2.45) is 7.05 Å². The quantitative estimate of drug-likeness (QED) is 0.836. The molecule has 0 bridgehead atoms. The summed E-state index contributed by atoms with van der Waals surface area (Å²) in [4.78, 5) is 27.0. The minimum atomic E-state index is -0.323. The lowest BCUT2D eigenvalue weighted by Crippen LogP contribution is -2.19. The lowest BCUT2D eigenvalue weighted by Gasteiger charge is -2.04. The van der Waals surface area contributed by atoms with Gasteiger partial charge in [0.25, 0.3) is 11.5 Å². The summed E-state index contributed by atoms with van der Waals surface area (Å²) in [7, 11) is 1.63. The summed E-state index contributed by atoms with van der Waals surface area (Å²) in [5.41, 5.74) is 0.707. The molecule has 0 fully saturated rings. The minimum absolute atomic E-state index is 0.219. The van der Waals surface area contributed by atoms with Crippen LogP contribution in [-0.2, 0) is 7.05 Å². The third kappa shape index (κ3) is 2.57. The van der Waals surface area contributed by atoms with Crippen molar-refractivity contribution in [3.8, 4) is 0 Å². The molecular weight excluding hydrogens is 218 g/mol. The van der Waals surface area contributed by atoms with Crippen molar-refractivity contribution < 1.29 is 4.79 Å². The largest absolute Gasteiger partial charge is 0.321 e. The molecule has 86 valence electrons. The van der Waals surface area contributed by atoms with E-state index in [0.29, 0.717) is 11.3 Å². The van der Waals surface area contributed by atoms with Gasteiger partial charge in [0.1, 0.15) is 0 Å². The van der Waals surface area contributed by atoms with E-state index in [1.54, 1.807) is 43.8 Å². The number of carbonyl (C=O) groups is 1. The second-order valence-electron chi connectivity index (χ2n) is 3.56. The molecule has 17 heavy (non-hydrogen) atoms. The van der Waals surface area contributed by atoms with Crippen LogP contribution >= 0.6 is 0 Å². The Bertz CT molecular complexity index is 590. The first kappa shape index (κ1) is 11.1. The molecule has 0 aromatic carbocycles. The van der Waals surface area contributed by atoms with Gasteiger partial charge in [-0.1, -0.05) is 0 Å². The van der Waals surface area contributed by atoms with E-state index in [1.807, 2.05) is 0 Å². The molecule has 5 nitrogen and oxygen atoms in total. The number of rotatable bonds is 2. The van der Waals surface area contributed by atoms with Crippen molar-refractivity contribution in [1.29, 1.82) is 0 Å². The number of nitrogens with one attached hydrogen (secondary N) is 1. The Kier molecular flexibility index (Phi) is 3.00. The van der Waals surface area contributed by atoms with E-state index in [-0.39, 0.29) is 11.5 Å². The second-order valence-corrected chi connectivity index (χ2v) is 3.56. The highest BCUT2D eigenvalue weighted by atomic mass is 16.2. The third-order valence-corrected chi connectivity index (χ3v) is 2.29. The topological polar surface area (TPSA) is 64.0 Å². The SMILES string of the molecule is Cn1ccc(C(=O)Nc2cccnc2)cc1=O. The van der Waals surface area contributed by atoms with Gasteiger partial charge in [-0.25, -0.2) is 0 Å². The molecule has 1 N–H and O–H groups in total. The number of aryl methyl sites for hydroxylation is 1. The number of hydrogen-bond acceptors (Lipinski definition) is 3. The summed E-state index contributed by atoms with van der Waals surface area (Å²) < 4.78 is 1.40. The normalized spacial score (nSPS) is 9.94. The highest BCUT2D eigenvalue weighted by molar-refractivity contribution is 6.04. The van der Waals surface area contributed by atoms with Crippen LogP contribution in [0.2, 0.25) is 0 Å². The summed E-state index contributed by atoms with van der Waals surface area (Å²) in [6, 6.07) is 6.34. The smallest absolute Gasteiger partial charge is 0.255 e. The number of aromatic nitrogens is 2. The van der Waals surface area contributed by atoms with Gasteiger partial charge in [-0.05, 0) is 18.2 Å². The molecule has 0 aliphatic heterocycles. The summed E-state index contributed by atoms with van der Waals surface area (Å²) in [5, 5.41) is 2.66. The molecule has 0 saturated carbocycles. The molecular formula is C12H11N3O2. The van der Waals surface area contributed by atoms with Gasteiger partial charge in [0.15, 0.2) is 0 Å². The molecule has 2 rings (SSSR count). The van der Waals surface area contributed by atoms with Crippen LogP contribution < -0.4 is 10.9 Å². The number of hydrogen-bond donors (Lipinski definition) is 1. The first-order valence-corrected chi connectivity index (χ1v) is 5.05. The van der Waals surface area contributed by atoms with Crippen LogP contribution in [0.1, 0.15) is 10.4 Å². The van der Waals surface area contributed by atoms with Crippen LogP contribution in [0.5, 0.6) is 0 Å². The second kappa shape index (κ2) is 4.61. The predicted molar refractivity (Wildman–Crippen MR) is 63.9 cm³/mol. The van der Waals surface area contributed by atoms with Crippen LogP contribution in [0.3, 0.4) is 0 Å². The van der Waals surface area contributed by atoms with Crippen LogP contribution in [0.4, 0.5) is 5.69 Å². The molecule has 2 heterocycles. The molecule has 0 saturated heterocycles. The zero-order chi connectivity index (χ0) is 12.3. The molecule has 0 aliphatic carbocycles. The monoisotopic (exact) mass is 229 g/mol. The molecule has 0 radical (unpaired) electrons. The van der Waals surface area contributed by atoms with E-state index in [9.17, 15) is 9.59 Å². The summed E-state index contributed by atoms with van der Waals surface area (Å²) in [6.07, 6.45) is 4.72. The lowest BCUT2D eigenvalue weighted by atomic mass is 10.2. The van der Waals surface area contributed by atoms with Gasteiger partial charge < -0.3 is 9.88 Å². The van der Waals surface area contributed by atoms with Crippen molar-refractivity contribution in [2.45, 2.75) is 0 Å². The highest BCUT2D eigenvalue weighted by Gasteiger charge is 2.06. The molecule has 0 spiro atoms. The van der Waals surface area contributed by atoms with Crippen molar-refractivity contribution in [3.05, 3.63) is 58.8 Å². The van der Waals surface area contributed by atoms with Gasteiger partial charge in [0.05, 0.1) is 11.9 Å². The average Bonchev–Trinajstić information content (AvgIpc) is 2.34. The molecule has 1 amide bonds. The van der Waals surface area contributed by atoms with Gasteiger partial charge in [-0.3, -0.25) is 14.6 Å². The van der Waals surface area contributed by atoms with Crippen molar-refractivity contribution in [1.82, 2.24) is 9.55 Å². The van der Waals surface area contributed by atoms with E-state index in [1.165, 1.54) is 10.6 Å². The predicted octanol–water partition coefficient (Wildman–Crippen LogP) is 1.03. The zero-order valence-corrected chi connectivity index (χ0v) is 9.25. The summed E-state index contributed by atoms with van der Waals surface area (Å²) in [5.74, 6) is -0.323. The van der Waals surface area contributed by atoms with Crippen molar-refractivity contribution in [3.63, 3.8) is 0 Å². The zero-order valence-electron chi connectivity index (χ0n) is 9.25. The van der Waals surface area contributed by atoms with Gasteiger partial charge in [-0.2, -0.15) is 0 Å². The summed E-state index contributed by atoms with van der Waals surface area (Å²) in [6.45, 7) is 0. The highest BCUT2D eigenvalue weighted by Crippen LogP contribution is 2.05. The van der Waals surface area contributed by atoms with Crippen LogP contribution in [0, 0.1) is 0 Å². The number of pyridine rings is 2. The summed E-state index contributed by atoms with van der Waals surface area (Å²) >= 11 is 0. The Labute approximate surface area is 97.7 Å². The minimum Gasteiger partial charge on any atom is -0.321 e. The Hall–Kier alpha value is -2.43. The molecule has 2 aromatic heterocycles. The Balaban J connectivity index is 2.21. The molecule has 5 heteroatoms.